The molecule has 42 heavy (non-hydrogen) atoms. The van der Waals surface area contributed by atoms with E-state index in [1.54, 1.807) is 10.7 Å². The molecule has 9 heteroatoms. The Balaban J connectivity index is 1.21. The predicted molar refractivity (Wildman–Crippen MR) is 165 cm³/mol. The molecule has 6 rings (SSSR count). The van der Waals surface area contributed by atoms with E-state index >= 15 is 0 Å². The largest absolute Gasteiger partial charge is 0.438 e. The number of aromatic nitrogens is 4. The summed E-state index contributed by atoms with van der Waals surface area (Å²) >= 11 is 0. The van der Waals surface area contributed by atoms with Gasteiger partial charge in [0.15, 0.2) is 11.5 Å². The van der Waals surface area contributed by atoms with Crippen molar-refractivity contribution < 1.29 is 9.53 Å². The number of rotatable bonds is 7. The number of carbonyl (C=O) groups excluding carboxylic acids is 1. The number of nitrogens with zero attached hydrogens (tertiary/aromatic N) is 6. The molecule has 9 nitrogen and oxygen atoms in total. The first-order valence-corrected chi connectivity index (χ1v) is 14.2. The maximum absolute atomic E-state index is 13.4. The summed E-state index contributed by atoms with van der Waals surface area (Å²) in [6.07, 6.45) is 1.83. The summed E-state index contributed by atoms with van der Waals surface area (Å²) in [5.41, 5.74) is 6.01. The molecule has 5 aromatic rings. The Bertz CT molecular complexity index is 1740. The summed E-state index contributed by atoms with van der Waals surface area (Å²) in [6, 6.07) is 21.4. The molecule has 3 heterocycles. The molecule has 1 saturated heterocycles. The quantitative estimate of drug-likeness (QED) is 0.283. The van der Waals surface area contributed by atoms with Crippen molar-refractivity contribution in [3.63, 3.8) is 0 Å². The fourth-order valence-corrected chi connectivity index (χ4v) is 5.20. The lowest BCUT2D eigenvalue weighted by Crippen LogP contribution is -2.43. The molecule has 1 N–H and O–H groups in total. The number of carbonyl (C=O) groups is 1. The molecule has 214 valence electrons. The smallest absolute Gasteiger partial charge is 0.256 e. The molecular formula is C33H35N7O2. The van der Waals surface area contributed by atoms with E-state index < -0.39 is 0 Å². The van der Waals surface area contributed by atoms with Crippen LogP contribution in [0.3, 0.4) is 0 Å². The number of nitrogens with one attached hydrogen (secondary N) is 1. The number of amides is 1. The standard InChI is InChI=1S/C33H35N7O2/c1-22-10-13-27(42-33-29-21-39(4)37-31(29)35-30(36-33)24-8-6-5-7-9-24)19-28(22)32(41)34-26-12-11-25(23(2)18-26)20-40-16-14-38(3)15-17-40/h5-13,18-19,21H,14-17,20H2,1-4H3,(H,34,41). The van der Waals surface area contributed by atoms with Crippen molar-refractivity contribution in [1.82, 2.24) is 29.5 Å². The topological polar surface area (TPSA) is 88.4 Å². The van der Waals surface area contributed by atoms with E-state index in [0.29, 0.717) is 34.1 Å². The molecule has 0 saturated carbocycles. The van der Waals surface area contributed by atoms with Crippen molar-refractivity contribution in [3.8, 4) is 23.0 Å². The summed E-state index contributed by atoms with van der Waals surface area (Å²) in [7, 11) is 4.00. The zero-order chi connectivity index (χ0) is 29.2. The van der Waals surface area contributed by atoms with Crippen LogP contribution in [0.2, 0.25) is 0 Å². The summed E-state index contributed by atoms with van der Waals surface area (Å²) in [6.45, 7) is 9.27. The number of anilines is 1. The van der Waals surface area contributed by atoms with Crippen LogP contribution in [-0.4, -0.2) is 68.7 Å². The molecule has 1 aliphatic heterocycles. The SMILES string of the molecule is Cc1cc(NC(=O)c2cc(Oc3nc(-c4ccccc4)nc4nn(C)cc34)ccc2C)ccc1CN1CCN(C)CC1. The second kappa shape index (κ2) is 11.7. The Morgan fingerprint density at radius 3 is 2.45 bits per heavy atom. The van der Waals surface area contributed by atoms with Crippen LogP contribution < -0.4 is 10.1 Å². The van der Waals surface area contributed by atoms with E-state index in [-0.39, 0.29) is 5.91 Å². The van der Waals surface area contributed by atoms with Gasteiger partial charge in [0, 0.05) is 62.8 Å². The Labute approximate surface area is 245 Å². The van der Waals surface area contributed by atoms with Crippen molar-refractivity contribution in [1.29, 1.82) is 0 Å². The van der Waals surface area contributed by atoms with Crippen LogP contribution in [0, 0.1) is 13.8 Å². The third kappa shape index (κ3) is 6.02. The van der Waals surface area contributed by atoms with Crippen LogP contribution in [0.4, 0.5) is 5.69 Å². The van der Waals surface area contributed by atoms with Gasteiger partial charge in [-0.1, -0.05) is 42.5 Å². The minimum Gasteiger partial charge on any atom is -0.438 e. The van der Waals surface area contributed by atoms with E-state index in [9.17, 15) is 4.79 Å². The van der Waals surface area contributed by atoms with Gasteiger partial charge in [0.1, 0.15) is 11.1 Å². The van der Waals surface area contributed by atoms with Crippen LogP contribution >= 0.6 is 0 Å². The highest BCUT2D eigenvalue weighted by Gasteiger charge is 2.18. The van der Waals surface area contributed by atoms with Crippen molar-refractivity contribution in [3.05, 3.63) is 95.2 Å². The van der Waals surface area contributed by atoms with E-state index in [1.807, 2.05) is 74.8 Å². The summed E-state index contributed by atoms with van der Waals surface area (Å²) in [4.78, 5) is 27.6. The van der Waals surface area contributed by atoms with Crippen molar-refractivity contribution in [2.45, 2.75) is 20.4 Å². The van der Waals surface area contributed by atoms with E-state index in [4.69, 9.17) is 9.72 Å². The highest BCUT2D eigenvalue weighted by atomic mass is 16.5. The van der Waals surface area contributed by atoms with Crippen molar-refractivity contribution >= 4 is 22.6 Å². The molecule has 1 amide bonds. The number of fused-ring (bicyclic) bond motifs is 1. The van der Waals surface area contributed by atoms with Crippen LogP contribution in [0.1, 0.15) is 27.0 Å². The average Bonchev–Trinajstić information content (AvgIpc) is 3.37. The van der Waals surface area contributed by atoms with Crippen LogP contribution in [0.5, 0.6) is 11.6 Å². The molecule has 0 spiro atoms. The molecular weight excluding hydrogens is 526 g/mol. The molecule has 0 aliphatic carbocycles. The zero-order valence-corrected chi connectivity index (χ0v) is 24.5. The Morgan fingerprint density at radius 1 is 0.905 bits per heavy atom. The third-order valence-electron chi connectivity index (χ3n) is 7.75. The normalized spacial score (nSPS) is 14.3. The van der Waals surface area contributed by atoms with Crippen LogP contribution in [0.15, 0.2) is 72.9 Å². The summed E-state index contributed by atoms with van der Waals surface area (Å²) in [5.74, 6) is 1.22. The number of benzene rings is 3. The second-order valence-corrected chi connectivity index (χ2v) is 11.0. The number of ether oxygens (including phenoxy) is 1. The van der Waals surface area contributed by atoms with E-state index in [0.717, 1.165) is 49.5 Å². The molecule has 0 bridgehead atoms. The first-order valence-electron chi connectivity index (χ1n) is 14.2. The molecule has 0 unspecified atom stereocenters. The number of hydrogen-bond donors (Lipinski definition) is 1. The monoisotopic (exact) mass is 561 g/mol. The van der Waals surface area contributed by atoms with Crippen molar-refractivity contribution in [2.24, 2.45) is 7.05 Å². The summed E-state index contributed by atoms with van der Waals surface area (Å²) in [5, 5.41) is 8.24. The lowest BCUT2D eigenvalue weighted by atomic mass is 10.1. The predicted octanol–water partition coefficient (Wildman–Crippen LogP) is 5.44. The first-order chi connectivity index (χ1) is 20.3. The maximum atomic E-state index is 13.4. The number of piperazine rings is 1. The zero-order valence-electron chi connectivity index (χ0n) is 24.5. The van der Waals surface area contributed by atoms with Crippen LogP contribution in [-0.2, 0) is 13.6 Å². The summed E-state index contributed by atoms with van der Waals surface area (Å²) < 4.78 is 7.97. The highest BCUT2D eigenvalue weighted by molar-refractivity contribution is 6.05. The Hall–Kier alpha value is -4.60. The Kier molecular flexibility index (Phi) is 7.69. The van der Waals surface area contributed by atoms with Gasteiger partial charge in [-0.15, -0.1) is 0 Å². The van der Waals surface area contributed by atoms with Crippen LogP contribution in [0.25, 0.3) is 22.4 Å². The highest BCUT2D eigenvalue weighted by Crippen LogP contribution is 2.31. The Morgan fingerprint density at radius 2 is 1.69 bits per heavy atom. The van der Waals surface area contributed by atoms with Gasteiger partial charge in [-0.25, -0.2) is 4.98 Å². The van der Waals surface area contributed by atoms with Crippen molar-refractivity contribution in [2.75, 3.05) is 38.5 Å². The molecule has 0 radical (unpaired) electrons. The minimum atomic E-state index is -0.191. The van der Waals surface area contributed by atoms with Gasteiger partial charge in [0.05, 0.1) is 0 Å². The lowest BCUT2D eigenvalue weighted by Gasteiger charge is -2.32. The van der Waals surface area contributed by atoms with Gasteiger partial charge < -0.3 is 15.0 Å². The number of aryl methyl sites for hydroxylation is 3. The number of hydrogen-bond acceptors (Lipinski definition) is 7. The average molecular weight is 562 g/mol. The van der Waals surface area contributed by atoms with Gasteiger partial charge in [0.2, 0.25) is 5.88 Å². The second-order valence-electron chi connectivity index (χ2n) is 11.0. The van der Waals surface area contributed by atoms with E-state index in [2.05, 4.69) is 45.2 Å². The third-order valence-corrected chi connectivity index (χ3v) is 7.75. The van der Waals surface area contributed by atoms with Gasteiger partial charge in [-0.2, -0.15) is 10.1 Å². The molecule has 1 aliphatic rings. The van der Waals surface area contributed by atoms with Gasteiger partial charge >= 0.3 is 0 Å². The fraction of sp³-hybridized carbons (Fsp3) is 0.273. The minimum absolute atomic E-state index is 0.191. The molecule has 3 aromatic carbocycles. The molecule has 0 atom stereocenters. The lowest BCUT2D eigenvalue weighted by molar-refractivity contribution is 0.102. The van der Waals surface area contributed by atoms with Gasteiger partial charge in [-0.05, 0) is 61.9 Å². The number of likely N-dealkylation sites (N-methyl/N-ethyl adjacent to an activating group) is 1. The maximum Gasteiger partial charge on any atom is 0.256 e. The molecule has 2 aromatic heterocycles. The fourth-order valence-electron chi connectivity index (χ4n) is 5.20. The van der Waals surface area contributed by atoms with Gasteiger partial charge in [-0.3, -0.25) is 14.4 Å². The first kappa shape index (κ1) is 27.6. The molecule has 1 fully saturated rings. The van der Waals surface area contributed by atoms with E-state index in [1.165, 1.54) is 11.1 Å². The van der Waals surface area contributed by atoms with Gasteiger partial charge in [0.25, 0.3) is 5.91 Å².